The minimum atomic E-state index is -0.352. The van der Waals surface area contributed by atoms with Crippen LogP contribution in [-0.4, -0.2) is 21.5 Å². The summed E-state index contributed by atoms with van der Waals surface area (Å²) < 4.78 is 13.8. The van der Waals surface area contributed by atoms with E-state index in [0.717, 1.165) is 11.8 Å². The van der Waals surface area contributed by atoms with Gasteiger partial charge in [0.15, 0.2) is 10.9 Å². The zero-order valence-corrected chi connectivity index (χ0v) is 13.1. The average Bonchev–Trinajstić information content (AvgIpc) is 2.52. The third-order valence-electron chi connectivity index (χ3n) is 3.36. The van der Waals surface area contributed by atoms with Crippen LogP contribution in [-0.2, 0) is 0 Å². The normalized spacial score (nSPS) is 10.9. The summed E-state index contributed by atoms with van der Waals surface area (Å²) in [7, 11) is 0. The van der Waals surface area contributed by atoms with Crippen LogP contribution in [0.2, 0.25) is 0 Å². The summed E-state index contributed by atoms with van der Waals surface area (Å²) in [6.45, 7) is 1.72. The first-order valence-electron chi connectivity index (χ1n) is 6.96. The number of Topliss-reactive ketones (excluding diaryl/α,β-unsaturated/α-hetero) is 1. The largest absolute Gasteiger partial charge is 0.301 e. The molecule has 0 bridgehead atoms. The van der Waals surface area contributed by atoms with Crippen LogP contribution in [0.4, 0.5) is 4.39 Å². The first kappa shape index (κ1) is 15.4. The maximum absolute atomic E-state index is 13.8. The van der Waals surface area contributed by atoms with Crippen LogP contribution in [0.3, 0.4) is 0 Å². The van der Waals surface area contributed by atoms with Gasteiger partial charge in [0.2, 0.25) is 0 Å². The molecule has 1 heterocycles. The van der Waals surface area contributed by atoms with E-state index in [4.69, 9.17) is 0 Å². The van der Waals surface area contributed by atoms with Gasteiger partial charge in [0, 0.05) is 22.7 Å². The van der Waals surface area contributed by atoms with Crippen molar-refractivity contribution in [2.45, 2.75) is 12.1 Å². The lowest BCUT2D eigenvalue weighted by atomic mass is 10.0. The Hall–Kier alpha value is -2.47. The summed E-state index contributed by atoms with van der Waals surface area (Å²) in [6.07, 6.45) is 0. The number of hydrogen-bond acceptors (Lipinski definition) is 4. The predicted molar refractivity (Wildman–Crippen MR) is 88.6 cm³/mol. The number of thioether (sulfide) groups is 1. The molecule has 1 N–H and O–H groups in total. The highest BCUT2D eigenvalue weighted by Gasteiger charge is 2.13. The van der Waals surface area contributed by atoms with E-state index in [-0.39, 0.29) is 22.9 Å². The van der Waals surface area contributed by atoms with Crippen molar-refractivity contribution in [3.8, 4) is 0 Å². The van der Waals surface area contributed by atoms with Gasteiger partial charge in [0.05, 0.1) is 5.75 Å². The molecule has 1 aromatic heterocycles. The van der Waals surface area contributed by atoms with E-state index >= 15 is 0 Å². The molecular weight excluding hydrogens is 315 g/mol. The van der Waals surface area contributed by atoms with E-state index in [0.29, 0.717) is 27.2 Å². The molecule has 0 atom stereocenters. The fourth-order valence-corrected chi connectivity index (χ4v) is 3.14. The van der Waals surface area contributed by atoms with Crippen molar-refractivity contribution in [2.24, 2.45) is 0 Å². The van der Waals surface area contributed by atoms with Crippen molar-refractivity contribution in [1.82, 2.24) is 9.97 Å². The predicted octanol–water partition coefficient (Wildman–Crippen LogP) is 3.35. The summed E-state index contributed by atoms with van der Waals surface area (Å²) in [5, 5.41) is 1.41. The molecule has 6 heteroatoms. The molecule has 3 rings (SSSR count). The van der Waals surface area contributed by atoms with Crippen LogP contribution in [0.15, 0.2) is 52.4 Å². The van der Waals surface area contributed by atoms with Gasteiger partial charge >= 0.3 is 0 Å². The summed E-state index contributed by atoms with van der Waals surface area (Å²) >= 11 is 1.15. The summed E-state index contributed by atoms with van der Waals surface area (Å²) in [4.78, 5) is 30.6. The molecule has 0 saturated heterocycles. The van der Waals surface area contributed by atoms with Crippen LogP contribution in [0.1, 0.15) is 16.1 Å². The minimum Gasteiger partial charge on any atom is -0.301 e. The van der Waals surface area contributed by atoms with E-state index in [9.17, 15) is 14.0 Å². The van der Waals surface area contributed by atoms with Crippen LogP contribution in [0.5, 0.6) is 0 Å². The van der Waals surface area contributed by atoms with E-state index in [2.05, 4.69) is 9.97 Å². The Labute approximate surface area is 135 Å². The van der Waals surface area contributed by atoms with Gasteiger partial charge in [-0.15, -0.1) is 0 Å². The second kappa shape index (κ2) is 6.34. The molecule has 0 radical (unpaired) electrons. The van der Waals surface area contributed by atoms with Crippen LogP contribution in [0.25, 0.3) is 10.8 Å². The number of nitrogens with one attached hydrogen (secondary N) is 1. The number of nitrogens with zero attached hydrogens (tertiary/aromatic N) is 1. The lowest BCUT2D eigenvalue weighted by Gasteiger charge is -2.06. The van der Waals surface area contributed by atoms with E-state index in [1.807, 2.05) is 0 Å². The first-order chi connectivity index (χ1) is 11.0. The maximum atomic E-state index is 13.8. The summed E-state index contributed by atoms with van der Waals surface area (Å²) in [6, 6.07) is 11.1. The van der Waals surface area contributed by atoms with Crippen molar-refractivity contribution in [3.63, 3.8) is 0 Å². The Morgan fingerprint density at radius 3 is 2.70 bits per heavy atom. The Kier molecular flexibility index (Phi) is 4.25. The van der Waals surface area contributed by atoms with Gasteiger partial charge < -0.3 is 4.98 Å². The Bertz CT molecular complexity index is 953. The molecule has 0 fully saturated rings. The van der Waals surface area contributed by atoms with Gasteiger partial charge in [-0.1, -0.05) is 36.0 Å². The molecule has 0 aliphatic carbocycles. The van der Waals surface area contributed by atoms with Crippen LogP contribution >= 0.6 is 11.8 Å². The summed E-state index contributed by atoms with van der Waals surface area (Å²) in [5.41, 5.74) is 0.806. The number of halogens is 1. The fourth-order valence-electron chi connectivity index (χ4n) is 2.34. The highest BCUT2D eigenvalue weighted by molar-refractivity contribution is 7.99. The molecule has 3 aromatic rings. The number of carbonyl (C=O) groups is 1. The molecule has 0 amide bonds. The van der Waals surface area contributed by atoms with Gasteiger partial charge in [-0.25, -0.2) is 9.37 Å². The molecule has 0 spiro atoms. The molecule has 23 heavy (non-hydrogen) atoms. The lowest BCUT2D eigenvalue weighted by Crippen LogP contribution is -2.10. The standard InChI is InChI=1S/C17H13FN2O2S/c1-10-8-16(22)20-17(19-10)23-9-15(21)13-6-7-14(18)12-5-3-2-4-11(12)13/h2-8H,9H2,1H3,(H,19,20,22). The molecule has 0 aliphatic rings. The number of carbonyl (C=O) groups excluding carboxylic acids is 1. The number of ketones is 1. The number of aromatic amines is 1. The van der Waals surface area contributed by atoms with Crippen molar-refractivity contribution in [2.75, 3.05) is 5.75 Å². The van der Waals surface area contributed by atoms with Gasteiger partial charge in [0.1, 0.15) is 5.82 Å². The van der Waals surface area contributed by atoms with Gasteiger partial charge in [-0.2, -0.15) is 0 Å². The lowest BCUT2D eigenvalue weighted by molar-refractivity contribution is 0.102. The van der Waals surface area contributed by atoms with Crippen LogP contribution in [0, 0.1) is 12.7 Å². The second-order valence-corrected chi connectivity index (χ2v) is 6.01. The Balaban J connectivity index is 1.87. The minimum absolute atomic E-state index is 0.113. The van der Waals surface area contributed by atoms with Crippen molar-refractivity contribution < 1.29 is 9.18 Å². The number of aromatic nitrogens is 2. The summed E-state index contributed by atoms with van der Waals surface area (Å²) in [5.74, 6) is -0.382. The van der Waals surface area contributed by atoms with Crippen molar-refractivity contribution >= 4 is 28.3 Å². The van der Waals surface area contributed by atoms with Crippen LogP contribution < -0.4 is 5.56 Å². The van der Waals surface area contributed by atoms with Gasteiger partial charge in [0.25, 0.3) is 5.56 Å². The monoisotopic (exact) mass is 328 g/mol. The average molecular weight is 328 g/mol. The zero-order chi connectivity index (χ0) is 16.4. The SMILES string of the molecule is Cc1cc(=O)[nH]c(SCC(=O)c2ccc(F)c3ccccc23)n1. The highest BCUT2D eigenvalue weighted by atomic mass is 32.2. The quantitative estimate of drug-likeness (QED) is 0.453. The van der Waals surface area contributed by atoms with E-state index in [1.54, 1.807) is 31.2 Å². The van der Waals surface area contributed by atoms with Gasteiger partial charge in [-0.3, -0.25) is 9.59 Å². The van der Waals surface area contributed by atoms with E-state index in [1.165, 1.54) is 18.2 Å². The Morgan fingerprint density at radius 2 is 1.96 bits per heavy atom. The fraction of sp³-hybridized carbons (Fsp3) is 0.118. The topological polar surface area (TPSA) is 62.8 Å². The molecule has 0 unspecified atom stereocenters. The number of rotatable bonds is 4. The molecule has 0 saturated carbocycles. The third kappa shape index (κ3) is 3.32. The highest BCUT2D eigenvalue weighted by Crippen LogP contribution is 2.24. The van der Waals surface area contributed by atoms with Crippen molar-refractivity contribution in [1.29, 1.82) is 0 Å². The molecule has 116 valence electrons. The number of hydrogen-bond donors (Lipinski definition) is 1. The molecular formula is C17H13FN2O2S. The second-order valence-electron chi connectivity index (χ2n) is 5.04. The molecule has 4 nitrogen and oxygen atoms in total. The first-order valence-corrected chi connectivity index (χ1v) is 7.94. The number of H-pyrrole nitrogens is 1. The zero-order valence-electron chi connectivity index (χ0n) is 12.3. The van der Waals surface area contributed by atoms with E-state index < -0.39 is 0 Å². The maximum Gasteiger partial charge on any atom is 0.251 e. The smallest absolute Gasteiger partial charge is 0.251 e. The Morgan fingerprint density at radius 1 is 1.22 bits per heavy atom. The third-order valence-corrected chi connectivity index (χ3v) is 4.23. The number of fused-ring (bicyclic) bond motifs is 1. The number of aryl methyl sites for hydroxylation is 1. The number of benzene rings is 2. The van der Waals surface area contributed by atoms with Crippen molar-refractivity contribution in [3.05, 3.63) is 69.9 Å². The molecule has 2 aromatic carbocycles. The molecule has 0 aliphatic heterocycles. The van der Waals surface area contributed by atoms with Gasteiger partial charge in [-0.05, 0) is 24.4 Å².